The van der Waals surface area contributed by atoms with Gasteiger partial charge >= 0.3 is 0 Å². The molecule has 6 nitrogen and oxygen atoms in total. The van der Waals surface area contributed by atoms with E-state index >= 15 is 0 Å². The highest BCUT2D eigenvalue weighted by Gasteiger charge is 2.28. The molecule has 1 aliphatic rings. The molecule has 1 aromatic heterocycles. The number of benzene rings is 1. The predicted molar refractivity (Wildman–Crippen MR) is 98.7 cm³/mol. The molecule has 3 rings (SSSR count). The molecule has 0 bridgehead atoms. The summed E-state index contributed by atoms with van der Waals surface area (Å²) < 4.78 is 1.67. The van der Waals surface area contributed by atoms with E-state index in [9.17, 15) is 4.79 Å². The standard InChI is InChI=1S/C18H25N5OS/c1-12-7-9-15(10-8-12)23-18(20-21-22-23)25-11-17(24)19-16-6-4-5-13(2)14(16)3/h7-10,13-14,16H,4-6,11H2,1-3H3,(H,19,24)/t13-,14-,16+/m0/s1. The number of carbonyl (C=O) groups excluding carboxylic acids is 1. The fourth-order valence-electron chi connectivity index (χ4n) is 3.28. The molecule has 134 valence electrons. The van der Waals surface area contributed by atoms with Gasteiger partial charge in [-0.15, -0.1) is 5.10 Å². The zero-order valence-corrected chi connectivity index (χ0v) is 15.8. The second-order valence-electron chi connectivity index (χ2n) is 6.94. The molecule has 2 aromatic rings. The Bertz CT molecular complexity index is 715. The molecule has 0 spiro atoms. The van der Waals surface area contributed by atoms with E-state index in [4.69, 9.17) is 0 Å². The van der Waals surface area contributed by atoms with Crippen LogP contribution in [-0.4, -0.2) is 37.9 Å². The van der Waals surface area contributed by atoms with Gasteiger partial charge in [0.05, 0.1) is 11.4 Å². The topological polar surface area (TPSA) is 72.7 Å². The van der Waals surface area contributed by atoms with Crippen LogP contribution in [0.4, 0.5) is 0 Å². The number of tetrazole rings is 1. The molecule has 1 heterocycles. The third-order valence-corrected chi connectivity index (χ3v) is 6.02. The number of nitrogens with zero attached hydrogens (tertiary/aromatic N) is 4. The van der Waals surface area contributed by atoms with Crippen LogP contribution in [0.2, 0.25) is 0 Å². The molecule has 1 aliphatic carbocycles. The highest BCUT2D eigenvalue weighted by atomic mass is 32.2. The summed E-state index contributed by atoms with van der Waals surface area (Å²) in [6, 6.07) is 8.26. The third kappa shape index (κ3) is 4.39. The lowest BCUT2D eigenvalue weighted by Gasteiger charge is -2.34. The van der Waals surface area contributed by atoms with Crippen molar-refractivity contribution in [3.8, 4) is 5.69 Å². The molecule has 3 atom stereocenters. The molecule has 0 aliphatic heterocycles. The maximum atomic E-state index is 12.3. The Balaban J connectivity index is 1.58. The van der Waals surface area contributed by atoms with Gasteiger partial charge in [0.1, 0.15) is 0 Å². The van der Waals surface area contributed by atoms with Gasteiger partial charge in [0.2, 0.25) is 11.1 Å². The Kier molecular flexibility index (Phi) is 5.73. The first-order chi connectivity index (χ1) is 12.0. The molecule has 1 N–H and O–H groups in total. The summed E-state index contributed by atoms with van der Waals surface area (Å²) in [6.07, 6.45) is 3.52. The van der Waals surface area contributed by atoms with Gasteiger partial charge in [-0.3, -0.25) is 4.79 Å². The largest absolute Gasteiger partial charge is 0.352 e. The predicted octanol–water partition coefficient (Wildman–Crippen LogP) is 3.00. The monoisotopic (exact) mass is 359 g/mol. The minimum absolute atomic E-state index is 0.0504. The molecule has 1 saturated carbocycles. The molecular weight excluding hydrogens is 334 g/mol. The number of nitrogens with one attached hydrogen (secondary N) is 1. The van der Waals surface area contributed by atoms with Gasteiger partial charge < -0.3 is 5.32 Å². The van der Waals surface area contributed by atoms with Crippen LogP contribution < -0.4 is 5.32 Å². The van der Waals surface area contributed by atoms with Gasteiger partial charge in [-0.1, -0.05) is 56.1 Å². The van der Waals surface area contributed by atoms with Gasteiger partial charge in [-0.25, -0.2) is 0 Å². The maximum Gasteiger partial charge on any atom is 0.230 e. The van der Waals surface area contributed by atoms with E-state index < -0.39 is 0 Å². The van der Waals surface area contributed by atoms with Crippen LogP contribution in [0.1, 0.15) is 38.7 Å². The number of thioether (sulfide) groups is 1. The fraction of sp³-hybridized carbons (Fsp3) is 0.556. The molecule has 7 heteroatoms. The Morgan fingerprint density at radius 1 is 1.28 bits per heavy atom. The molecule has 0 unspecified atom stereocenters. The maximum absolute atomic E-state index is 12.3. The van der Waals surface area contributed by atoms with E-state index in [1.165, 1.54) is 30.2 Å². The summed E-state index contributed by atoms with van der Waals surface area (Å²) in [5, 5.41) is 15.6. The van der Waals surface area contributed by atoms with Gasteiger partial charge in [0.15, 0.2) is 0 Å². The highest BCUT2D eigenvalue weighted by molar-refractivity contribution is 7.99. The zero-order chi connectivity index (χ0) is 17.8. The first kappa shape index (κ1) is 17.9. The van der Waals surface area contributed by atoms with Gasteiger partial charge in [0.25, 0.3) is 0 Å². The van der Waals surface area contributed by atoms with E-state index in [-0.39, 0.29) is 11.9 Å². The Morgan fingerprint density at radius 2 is 2.04 bits per heavy atom. The number of rotatable bonds is 5. The van der Waals surface area contributed by atoms with Crippen LogP contribution in [0.15, 0.2) is 29.4 Å². The minimum Gasteiger partial charge on any atom is -0.352 e. The second-order valence-corrected chi connectivity index (χ2v) is 7.88. The van der Waals surface area contributed by atoms with Crippen molar-refractivity contribution in [3.63, 3.8) is 0 Å². The molecular formula is C18H25N5OS. The average molecular weight is 359 g/mol. The number of aryl methyl sites for hydroxylation is 1. The second kappa shape index (κ2) is 7.99. The van der Waals surface area contributed by atoms with Crippen LogP contribution in [0, 0.1) is 18.8 Å². The van der Waals surface area contributed by atoms with Crippen molar-refractivity contribution in [1.82, 2.24) is 25.5 Å². The molecule has 1 aromatic carbocycles. The lowest BCUT2D eigenvalue weighted by Crippen LogP contribution is -2.44. The molecule has 0 saturated heterocycles. The summed E-state index contributed by atoms with van der Waals surface area (Å²) in [4.78, 5) is 12.3. The normalized spacial score (nSPS) is 23.4. The Morgan fingerprint density at radius 3 is 2.80 bits per heavy atom. The van der Waals surface area contributed by atoms with Crippen molar-refractivity contribution < 1.29 is 4.79 Å². The fourth-order valence-corrected chi connectivity index (χ4v) is 3.98. The van der Waals surface area contributed by atoms with Crippen LogP contribution in [-0.2, 0) is 4.79 Å². The summed E-state index contributed by atoms with van der Waals surface area (Å²) in [5.41, 5.74) is 2.08. The lowest BCUT2D eigenvalue weighted by molar-refractivity contribution is -0.120. The smallest absolute Gasteiger partial charge is 0.230 e. The van der Waals surface area contributed by atoms with Crippen molar-refractivity contribution >= 4 is 17.7 Å². The van der Waals surface area contributed by atoms with Crippen LogP contribution in [0.25, 0.3) is 5.69 Å². The zero-order valence-electron chi connectivity index (χ0n) is 15.0. The summed E-state index contributed by atoms with van der Waals surface area (Å²) in [6.45, 7) is 6.55. The molecule has 1 fully saturated rings. The lowest BCUT2D eigenvalue weighted by atomic mass is 9.78. The number of hydrogen-bond acceptors (Lipinski definition) is 5. The average Bonchev–Trinajstić information content (AvgIpc) is 3.06. The van der Waals surface area contributed by atoms with Crippen molar-refractivity contribution in [2.75, 3.05) is 5.75 Å². The van der Waals surface area contributed by atoms with E-state index in [1.807, 2.05) is 31.2 Å². The minimum atomic E-state index is 0.0504. The van der Waals surface area contributed by atoms with E-state index in [1.54, 1.807) is 4.68 Å². The summed E-state index contributed by atoms with van der Waals surface area (Å²) >= 11 is 1.37. The third-order valence-electron chi connectivity index (χ3n) is 5.11. The van der Waals surface area contributed by atoms with Gasteiger partial charge in [-0.2, -0.15) is 4.68 Å². The highest BCUT2D eigenvalue weighted by Crippen LogP contribution is 2.29. The number of aromatic nitrogens is 4. The van der Waals surface area contributed by atoms with Crippen molar-refractivity contribution in [1.29, 1.82) is 0 Å². The van der Waals surface area contributed by atoms with Gasteiger partial charge in [0, 0.05) is 6.04 Å². The number of amides is 1. The van der Waals surface area contributed by atoms with E-state index in [2.05, 4.69) is 34.7 Å². The Hall–Kier alpha value is -1.89. The number of carbonyl (C=O) groups is 1. The number of hydrogen-bond donors (Lipinski definition) is 1. The van der Waals surface area contributed by atoms with Crippen molar-refractivity contribution in [2.45, 2.75) is 51.2 Å². The van der Waals surface area contributed by atoms with Crippen LogP contribution in [0.5, 0.6) is 0 Å². The summed E-state index contributed by atoms with van der Waals surface area (Å²) in [5.74, 6) is 1.57. The van der Waals surface area contributed by atoms with Crippen molar-refractivity contribution in [3.05, 3.63) is 29.8 Å². The Labute approximate surface area is 152 Å². The van der Waals surface area contributed by atoms with Crippen LogP contribution in [0.3, 0.4) is 0 Å². The van der Waals surface area contributed by atoms with Gasteiger partial charge in [-0.05, 0) is 47.7 Å². The first-order valence-electron chi connectivity index (χ1n) is 8.82. The first-order valence-corrected chi connectivity index (χ1v) is 9.80. The van der Waals surface area contributed by atoms with Crippen LogP contribution >= 0.6 is 11.8 Å². The van der Waals surface area contributed by atoms with Crippen molar-refractivity contribution in [2.24, 2.45) is 11.8 Å². The van der Waals surface area contributed by atoms with E-state index in [0.29, 0.717) is 22.7 Å². The summed E-state index contributed by atoms with van der Waals surface area (Å²) in [7, 11) is 0. The molecule has 0 radical (unpaired) electrons. The molecule has 1 amide bonds. The van der Waals surface area contributed by atoms with E-state index in [0.717, 1.165) is 12.1 Å². The molecule has 25 heavy (non-hydrogen) atoms. The SMILES string of the molecule is Cc1ccc(-n2nnnc2SCC(=O)N[C@@H]2CCC[C@H](C)[C@@H]2C)cc1. The quantitative estimate of drug-likeness (QED) is 0.831.